The number of ether oxygens (including phenoxy) is 3. The second-order valence-corrected chi connectivity index (χ2v) is 13.7. The largest absolute Gasteiger partial charge is 0.497 e. The SMILES string of the molecule is COc1cc(OC)c2c(C(=O)NC(Cc3ccc(OCc4ccccc4)cc3)C(=O)CCC(C)(C)CN(C)C)cc(-c3ccccc3)nc2c1. The van der Waals surface area contributed by atoms with E-state index in [1.54, 1.807) is 32.4 Å². The van der Waals surface area contributed by atoms with E-state index in [9.17, 15) is 9.59 Å². The number of nitrogens with one attached hydrogen (secondary N) is 1. The second-order valence-electron chi connectivity index (χ2n) is 13.7. The molecule has 8 heteroatoms. The quantitative estimate of drug-likeness (QED) is 0.114. The topological polar surface area (TPSA) is 90.0 Å². The van der Waals surface area contributed by atoms with Gasteiger partial charge in [-0.2, -0.15) is 0 Å². The minimum absolute atomic E-state index is 0.0233. The Morgan fingerprint density at radius 1 is 0.820 bits per heavy atom. The van der Waals surface area contributed by atoms with Crippen LogP contribution in [0.2, 0.25) is 0 Å². The van der Waals surface area contributed by atoms with Crippen LogP contribution in [0.25, 0.3) is 22.2 Å². The van der Waals surface area contributed by atoms with Crippen LogP contribution in [0.15, 0.2) is 103 Å². The van der Waals surface area contributed by atoms with Crippen LogP contribution in [0, 0.1) is 5.41 Å². The number of pyridine rings is 1. The van der Waals surface area contributed by atoms with Crippen molar-refractivity contribution in [3.05, 3.63) is 120 Å². The number of aromatic nitrogens is 1. The summed E-state index contributed by atoms with van der Waals surface area (Å²) in [6, 6.07) is 31.9. The summed E-state index contributed by atoms with van der Waals surface area (Å²) in [5.74, 6) is 1.34. The molecule has 1 heterocycles. The molecule has 0 aliphatic carbocycles. The van der Waals surface area contributed by atoms with Crippen molar-refractivity contribution in [3.63, 3.8) is 0 Å². The van der Waals surface area contributed by atoms with E-state index in [2.05, 4.69) is 24.1 Å². The predicted molar refractivity (Wildman–Crippen MR) is 199 cm³/mol. The molecular weight excluding hydrogens is 626 g/mol. The summed E-state index contributed by atoms with van der Waals surface area (Å²) in [4.78, 5) is 35.4. The van der Waals surface area contributed by atoms with Crippen LogP contribution in [0.5, 0.6) is 17.2 Å². The summed E-state index contributed by atoms with van der Waals surface area (Å²) in [5, 5.41) is 3.67. The van der Waals surface area contributed by atoms with Crippen molar-refractivity contribution in [2.75, 3.05) is 34.9 Å². The Labute approximate surface area is 295 Å². The highest BCUT2D eigenvalue weighted by molar-refractivity contribution is 6.10. The Bertz CT molecular complexity index is 1890. The molecule has 5 rings (SSSR count). The van der Waals surface area contributed by atoms with Crippen LogP contribution in [0.4, 0.5) is 0 Å². The van der Waals surface area contributed by atoms with E-state index in [1.807, 2.05) is 99.0 Å². The zero-order valence-corrected chi connectivity index (χ0v) is 29.9. The van der Waals surface area contributed by atoms with Crippen molar-refractivity contribution in [3.8, 4) is 28.5 Å². The number of hydrogen-bond donors (Lipinski definition) is 1. The molecule has 1 atom stereocenters. The zero-order valence-electron chi connectivity index (χ0n) is 29.9. The molecule has 50 heavy (non-hydrogen) atoms. The molecule has 260 valence electrons. The minimum atomic E-state index is -0.763. The van der Waals surface area contributed by atoms with E-state index in [0.717, 1.165) is 29.0 Å². The van der Waals surface area contributed by atoms with Gasteiger partial charge in [-0.3, -0.25) is 9.59 Å². The number of hydrogen-bond acceptors (Lipinski definition) is 7. The molecule has 1 amide bonds. The highest BCUT2D eigenvalue weighted by atomic mass is 16.5. The number of benzene rings is 4. The first-order chi connectivity index (χ1) is 24.0. The van der Waals surface area contributed by atoms with Gasteiger partial charge < -0.3 is 24.4 Å². The van der Waals surface area contributed by atoms with Crippen molar-refractivity contribution in [1.29, 1.82) is 0 Å². The van der Waals surface area contributed by atoms with Crippen LogP contribution in [-0.2, 0) is 17.8 Å². The number of nitrogens with zero attached hydrogens (tertiary/aromatic N) is 2. The molecule has 0 saturated carbocycles. The lowest BCUT2D eigenvalue weighted by Crippen LogP contribution is -2.43. The van der Waals surface area contributed by atoms with E-state index >= 15 is 0 Å². The Morgan fingerprint density at radius 3 is 2.14 bits per heavy atom. The Kier molecular flexibility index (Phi) is 11.9. The smallest absolute Gasteiger partial charge is 0.252 e. The Balaban J connectivity index is 1.46. The third kappa shape index (κ3) is 9.48. The van der Waals surface area contributed by atoms with Crippen LogP contribution < -0.4 is 19.5 Å². The third-order valence-electron chi connectivity index (χ3n) is 8.71. The molecule has 0 bridgehead atoms. The van der Waals surface area contributed by atoms with Gasteiger partial charge in [-0.1, -0.05) is 86.6 Å². The first-order valence-corrected chi connectivity index (χ1v) is 16.9. The lowest BCUT2D eigenvalue weighted by Gasteiger charge is -2.29. The molecule has 0 spiro atoms. The third-order valence-corrected chi connectivity index (χ3v) is 8.71. The molecule has 1 aromatic heterocycles. The van der Waals surface area contributed by atoms with Gasteiger partial charge in [0.15, 0.2) is 5.78 Å². The standard InChI is InChI=1S/C42H47N3O5/c1-42(2,28-45(3)4)22-21-38(46)36(23-29-17-19-32(20-18-29)50-27-30-13-9-7-10-14-30)44-41(47)34-26-35(31-15-11-8-12-16-31)43-37-24-33(48-5)25-39(49-6)40(34)37/h7-20,24-26,36H,21-23,27-28H2,1-6H3,(H,44,47). The van der Waals surface area contributed by atoms with Gasteiger partial charge in [-0.25, -0.2) is 4.98 Å². The zero-order chi connectivity index (χ0) is 35.7. The molecule has 8 nitrogen and oxygen atoms in total. The number of fused-ring (bicyclic) bond motifs is 1. The van der Waals surface area contributed by atoms with Crippen molar-refractivity contribution >= 4 is 22.6 Å². The van der Waals surface area contributed by atoms with Crippen molar-refractivity contribution in [1.82, 2.24) is 15.2 Å². The molecule has 5 aromatic rings. The number of methoxy groups -OCH3 is 2. The van der Waals surface area contributed by atoms with Crippen LogP contribution >= 0.6 is 0 Å². The van der Waals surface area contributed by atoms with E-state index in [-0.39, 0.29) is 17.1 Å². The Hall–Kier alpha value is -5.21. The maximum atomic E-state index is 14.4. The molecule has 1 N–H and O–H groups in total. The first-order valence-electron chi connectivity index (χ1n) is 16.9. The van der Waals surface area contributed by atoms with Gasteiger partial charge in [0.25, 0.3) is 5.91 Å². The lowest BCUT2D eigenvalue weighted by molar-refractivity contribution is -0.121. The molecule has 0 saturated heterocycles. The second kappa shape index (κ2) is 16.5. The van der Waals surface area contributed by atoms with Crippen LogP contribution in [0.3, 0.4) is 0 Å². The highest BCUT2D eigenvalue weighted by Gasteiger charge is 2.27. The fourth-order valence-corrected chi connectivity index (χ4v) is 6.27. The molecule has 0 fully saturated rings. The monoisotopic (exact) mass is 673 g/mol. The fraction of sp³-hybridized carbons (Fsp3) is 0.310. The normalized spacial score (nSPS) is 12.1. The Morgan fingerprint density at radius 2 is 1.50 bits per heavy atom. The summed E-state index contributed by atoms with van der Waals surface area (Å²) >= 11 is 0. The predicted octanol–water partition coefficient (Wildman–Crippen LogP) is 7.78. The lowest BCUT2D eigenvalue weighted by atomic mass is 9.85. The number of carbonyl (C=O) groups is 2. The maximum Gasteiger partial charge on any atom is 0.252 e. The number of Topliss-reactive ketones (excluding diaryl/α,β-unsaturated/α-hetero) is 1. The summed E-state index contributed by atoms with van der Waals surface area (Å²) in [5.41, 5.74) is 4.31. The summed E-state index contributed by atoms with van der Waals surface area (Å²) < 4.78 is 17.2. The number of rotatable bonds is 16. The minimum Gasteiger partial charge on any atom is -0.497 e. The van der Waals surface area contributed by atoms with Gasteiger partial charge in [0.1, 0.15) is 23.9 Å². The average molecular weight is 674 g/mol. The number of amides is 1. The number of ketones is 1. The van der Waals surface area contributed by atoms with E-state index < -0.39 is 6.04 Å². The molecule has 0 aliphatic heterocycles. The first kappa shape index (κ1) is 36.1. The van der Waals surface area contributed by atoms with E-state index in [4.69, 9.17) is 19.2 Å². The van der Waals surface area contributed by atoms with Crippen LogP contribution in [0.1, 0.15) is 48.2 Å². The molecule has 0 aliphatic rings. The van der Waals surface area contributed by atoms with Crippen LogP contribution in [-0.4, -0.2) is 62.5 Å². The van der Waals surface area contributed by atoms with Gasteiger partial charge in [0, 0.05) is 30.7 Å². The van der Waals surface area contributed by atoms with Crippen molar-refractivity contribution < 1.29 is 23.8 Å². The van der Waals surface area contributed by atoms with Gasteiger partial charge >= 0.3 is 0 Å². The van der Waals surface area contributed by atoms with Gasteiger partial charge in [0.05, 0.1) is 42.4 Å². The van der Waals surface area contributed by atoms with Gasteiger partial charge in [0.2, 0.25) is 0 Å². The summed E-state index contributed by atoms with van der Waals surface area (Å²) in [6.07, 6.45) is 1.35. The molecule has 4 aromatic carbocycles. The highest BCUT2D eigenvalue weighted by Crippen LogP contribution is 2.35. The molecule has 1 unspecified atom stereocenters. The van der Waals surface area contributed by atoms with Gasteiger partial charge in [-0.05, 0) is 61.7 Å². The van der Waals surface area contributed by atoms with E-state index in [1.165, 1.54) is 0 Å². The summed E-state index contributed by atoms with van der Waals surface area (Å²) in [6.45, 7) is 5.63. The van der Waals surface area contributed by atoms with Crippen molar-refractivity contribution in [2.24, 2.45) is 5.41 Å². The average Bonchev–Trinajstić information content (AvgIpc) is 3.12. The molecular formula is C42H47N3O5. The van der Waals surface area contributed by atoms with E-state index in [0.29, 0.717) is 59.5 Å². The summed E-state index contributed by atoms with van der Waals surface area (Å²) in [7, 11) is 7.20. The maximum absolute atomic E-state index is 14.4. The van der Waals surface area contributed by atoms with Crippen molar-refractivity contribution in [2.45, 2.75) is 45.8 Å². The van der Waals surface area contributed by atoms with Gasteiger partial charge in [-0.15, -0.1) is 0 Å². The number of carbonyl (C=O) groups excluding carboxylic acids is 2. The fourth-order valence-electron chi connectivity index (χ4n) is 6.27. The molecule has 0 radical (unpaired) electrons.